The second-order valence-electron chi connectivity index (χ2n) is 5.62. The zero-order valence-electron chi connectivity index (χ0n) is 13.3. The van der Waals surface area contributed by atoms with Crippen LogP contribution < -0.4 is 5.73 Å². The highest BCUT2D eigenvalue weighted by molar-refractivity contribution is 5.67. The SMILES string of the molecule is COC(C[N+](C)(CCc1ccc(O)c(N)c1)CC(=O)O)OC. The Morgan fingerprint density at radius 1 is 1.36 bits per heavy atom. The van der Waals surface area contributed by atoms with Crippen molar-refractivity contribution in [2.45, 2.75) is 12.7 Å². The summed E-state index contributed by atoms with van der Waals surface area (Å²) in [6.45, 7) is 0.976. The van der Waals surface area contributed by atoms with Gasteiger partial charge in [-0.15, -0.1) is 0 Å². The molecule has 0 saturated carbocycles. The molecule has 0 fully saturated rings. The first-order valence-electron chi connectivity index (χ1n) is 6.98. The molecule has 7 nitrogen and oxygen atoms in total. The number of hydrogen-bond acceptors (Lipinski definition) is 5. The minimum absolute atomic E-state index is 0.0310. The summed E-state index contributed by atoms with van der Waals surface area (Å²) < 4.78 is 10.6. The number of nitrogens with zero attached hydrogens (tertiary/aromatic N) is 1. The summed E-state index contributed by atoms with van der Waals surface area (Å²) >= 11 is 0. The molecule has 1 aromatic carbocycles. The van der Waals surface area contributed by atoms with Crippen LogP contribution in [-0.4, -0.2) is 67.9 Å². The van der Waals surface area contributed by atoms with Crippen molar-refractivity contribution in [1.29, 1.82) is 0 Å². The van der Waals surface area contributed by atoms with Crippen molar-refractivity contribution in [3.63, 3.8) is 0 Å². The zero-order valence-corrected chi connectivity index (χ0v) is 13.3. The number of ether oxygens (including phenoxy) is 2. The quantitative estimate of drug-likeness (QED) is 0.268. The number of aromatic hydroxyl groups is 1. The summed E-state index contributed by atoms with van der Waals surface area (Å²) in [6.07, 6.45) is 0.170. The Morgan fingerprint density at radius 2 is 2.00 bits per heavy atom. The number of likely N-dealkylation sites (N-methyl/N-ethyl adjacent to an activating group) is 1. The number of phenolic OH excluding ortho intramolecular Hbond substituents is 1. The lowest BCUT2D eigenvalue weighted by Gasteiger charge is -2.35. The van der Waals surface area contributed by atoms with E-state index < -0.39 is 12.3 Å². The first-order valence-corrected chi connectivity index (χ1v) is 6.98. The largest absolute Gasteiger partial charge is 0.506 e. The normalized spacial score (nSPS) is 14.0. The van der Waals surface area contributed by atoms with Crippen LogP contribution in [0.5, 0.6) is 5.75 Å². The van der Waals surface area contributed by atoms with Gasteiger partial charge in [0.15, 0.2) is 6.54 Å². The molecule has 4 N–H and O–H groups in total. The molecule has 1 unspecified atom stereocenters. The van der Waals surface area contributed by atoms with Crippen LogP contribution in [0.4, 0.5) is 5.69 Å². The van der Waals surface area contributed by atoms with Gasteiger partial charge < -0.3 is 29.9 Å². The van der Waals surface area contributed by atoms with Crippen LogP contribution in [0, 0.1) is 0 Å². The first-order chi connectivity index (χ1) is 10.3. The van der Waals surface area contributed by atoms with E-state index in [9.17, 15) is 9.90 Å². The summed E-state index contributed by atoms with van der Waals surface area (Å²) in [5.41, 5.74) is 6.93. The maximum Gasteiger partial charge on any atom is 0.359 e. The van der Waals surface area contributed by atoms with Gasteiger partial charge in [-0.1, -0.05) is 6.07 Å². The fraction of sp³-hybridized carbons (Fsp3) is 0.533. The maximum atomic E-state index is 11.1. The Hall–Kier alpha value is -1.83. The molecule has 0 aliphatic rings. The zero-order chi connectivity index (χ0) is 16.8. The van der Waals surface area contributed by atoms with Gasteiger partial charge in [0, 0.05) is 20.6 Å². The molecule has 0 aliphatic heterocycles. The number of aliphatic carboxylic acids is 1. The highest BCUT2D eigenvalue weighted by Crippen LogP contribution is 2.21. The van der Waals surface area contributed by atoms with E-state index in [0.717, 1.165) is 5.56 Å². The van der Waals surface area contributed by atoms with Crippen molar-refractivity contribution in [1.82, 2.24) is 0 Å². The Labute approximate surface area is 130 Å². The second-order valence-corrected chi connectivity index (χ2v) is 5.62. The third-order valence-electron chi connectivity index (χ3n) is 3.66. The van der Waals surface area contributed by atoms with E-state index in [1.165, 1.54) is 14.2 Å². The average molecular weight is 313 g/mol. The number of nitrogens with two attached hydrogens (primary N) is 1. The topological polar surface area (TPSA) is 102 Å². The lowest BCUT2D eigenvalue weighted by molar-refractivity contribution is -0.908. The van der Waals surface area contributed by atoms with Gasteiger partial charge >= 0.3 is 5.97 Å². The molecule has 0 spiro atoms. The van der Waals surface area contributed by atoms with Gasteiger partial charge in [-0.3, -0.25) is 0 Å². The summed E-state index contributed by atoms with van der Waals surface area (Å²) in [6, 6.07) is 5.02. The summed E-state index contributed by atoms with van der Waals surface area (Å²) in [7, 11) is 4.91. The number of carboxylic acid groups (broad SMARTS) is 1. The molecule has 0 aromatic heterocycles. The van der Waals surface area contributed by atoms with E-state index in [0.29, 0.717) is 25.2 Å². The molecule has 0 amide bonds. The fourth-order valence-corrected chi connectivity index (χ4v) is 2.33. The molecule has 124 valence electrons. The van der Waals surface area contributed by atoms with E-state index >= 15 is 0 Å². The van der Waals surface area contributed by atoms with Gasteiger partial charge in [0.1, 0.15) is 12.3 Å². The number of hydrogen-bond donors (Lipinski definition) is 3. The minimum Gasteiger partial charge on any atom is -0.506 e. The number of nitrogen functional groups attached to an aromatic ring is 1. The van der Waals surface area contributed by atoms with Gasteiger partial charge in [-0.2, -0.15) is 0 Å². The van der Waals surface area contributed by atoms with Crippen LogP contribution in [0.3, 0.4) is 0 Å². The Bertz CT molecular complexity index is 505. The monoisotopic (exact) mass is 313 g/mol. The number of rotatable bonds is 9. The van der Waals surface area contributed by atoms with E-state index in [1.807, 2.05) is 7.05 Å². The smallest absolute Gasteiger partial charge is 0.359 e. The molecule has 1 atom stereocenters. The third-order valence-corrected chi connectivity index (χ3v) is 3.66. The van der Waals surface area contributed by atoms with Crippen LogP contribution in [0.15, 0.2) is 18.2 Å². The predicted octanol–water partition coefficient (Wildman–Crippen LogP) is 0.667. The van der Waals surface area contributed by atoms with Crippen LogP contribution in [0.25, 0.3) is 0 Å². The van der Waals surface area contributed by atoms with Gasteiger partial charge in [-0.25, -0.2) is 4.79 Å². The number of phenols is 1. The number of anilines is 1. The molecule has 0 bridgehead atoms. The predicted molar refractivity (Wildman–Crippen MR) is 82.5 cm³/mol. The Morgan fingerprint density at radius 3 is 2.50 bits per heavy atom. The van der Waals surface area contributed by atoms with Gasteiger partial charge in [0.2, 0.25) is 6.29 Å². The summed E-state index contributed by atoms with van der Waals surface area (Å²) in [4.78, 5) is 11.1. The minimum atomic E-state index is -0.876. The Balaban J connectivity index is 2.79. The molecular formula is C15H25N2O5+. The number of methoxy groups -OCH3 is 2. The fourth-order valence-electron chi connectivity index (χ4n) is 2.33. The molecule has 0 saturated heterocycles. The van der Waals surface area contributed by atoms with E-state index in [2.05, 4.69) is 0 Å². The molecular weight excluding hydrogens is 288 g/mol. The number of benzene rings is 1. The molecule has 0 radical (unpaired) electrons. The van der Waals surface area contributed by atoms with Crippen LogP contribution in [-0.2, 0) is 20.7 Å². The first kappa shape index (κ1) is 18.2. The average Bonchev–Trinajstić information content (AvgIpc) is 2.45. The summed E-state index contributed by atoms with van der Waals surface area (Å²) in [5, 5.41) is 18.6. The van der Waals surface area contributed by atoms with Crippen molar-refractivity contribution < 1.29 is 29.0 Å². The molecule has 1 rings (SSSR count). The third kappa shape index (κ3) is 5.51. The number of carbonyl (C=O) groups is 1. The van der Waals surface area contributed by atoms with E-state index in [4.69, 9.17) is 20.3 Å². The lowest BCUT2D eigenvalue weighted by atomic mass is 10.1. The van der Waals surface area contributed by atoms with Gasteiger partial charge in [0.25, 0.3) is 0 Å². The Kier molecular flexibility index (Phi) is 6.61. The highest BCUT2D eigenvalue weighted by Gasteiger charge is 2.29. The van der Waals surface area contributed by atoms with Gasteiger partial charge in [-0.05, 0) is 17.7 Å². The number of quaternary nitrogens is 1. The van der Waals surface area contributed by atoms with Crippen molar-refractivity contribution in [3.05, 3.63) is 23.8 Å². The standard InChI is InChI=1S/C15H24N2O5/c1-17(9-14(19)20,10-15(21-2)22-3)7-6-11-4-5-13(18)12(16)8-11/h4-5,8,15H,6-7,9-10,16H2,1-3H3,(H-,18,19,20)/p+1. The van der Waals surface area contributed by atoms with Crippen LogP contribution in [0.2, 0.25) is 0 Å². The van der Waals surface area contributed by atoms with Crippen LogP contribution in [0.1, 0.15) is 5.56 Å². The van der Waals surface area contributed by atoms with E-state index in [-0.39, 0.29) is 16.8 Å². The van der Waals surface area contributed by atoms with Crippen molar-refractivity contribution in [2.75, 3.05) is 46.6 Å². The molecule has 1 aromatic rings. The van der Waals surface area contributed by atoms with Gasteiger partial charge in [0.05, 0.1) is 19.3 Å². The van der Waals surface area contributed by atoms with Crippen molar-refractivity contribution in [3.8, 4) is 5.75 Å². The van der Waals surface area contributed by atoms with Crippen molar-refractivity contribution in [2.24, 2.45) is 0 Å². The molecule has 0 heterocycles. The maximum absolute atomic E-state index is 11.1. The lowest BCUT2D eigenvalue weighted by Crippen LogP contribution is -2.53. The van der Waals surface area contributed by atoms with E-state index in [1.54, 1.807) is 18.2 Å². The summed E-state index contributed by atoms with van der Waals surface area (Å²) in [5.74, 6) is -0.830. The highest BCUT2D eigenvalue weighted by atomic mass is 16.7. The van der Waals surface area contributed by atoms with Crippen LogP contribution >= 0.6 is 0 Å². The molecule has 7 heteroatoms. The molecule has 0 aliphatic carbocycles. The number of carboxylic acids is 1. The van der Waals surface area contributed by atoms with Crippen molar-refractivity contribution >= 4 is 11.7 Å². The molecule has 22 heavy (non-hydrogen) atoms. The second kappa shape index (κ2) is 7.98.